The number of hydrogen-bond donors (Lipinski definition) is 2. The highest BCUT2D eigenvalue weighted by Gasteiger charge is 2.24. The smallest absolute Gasteiger partial charge is 0.131 e. The lowest BCUT2D eigenvalue weighted by Gasteiger charge is -2.26. The summed E-state index contributed by atoms with van der Waals surface area (Å²) >= 11 is 0. The number of ether oxygens (including phenoxy) is 1. The highest BCUT2D eigenvalue weighted by Crippen LogP contribution is 2.44. The lowest BCUT2D eigenvalue weighted by atomic mass is 9.80. The summed E-state index contributed by atoms with van der Waals surface area (Å²) in [6.45, 7) is 14.1. The minimum atomic E-state index is -0.184. The molecule has 3 aromatic rings. The van der Waals surface area contributed by atoms with Gasteiger partial charge in [0.25, 0.3) is 0 Å². The Morgan fingerprint density at radius 1 is 0.714 bits per heavy atom. The zero-order valence-electron chi connectivity index (χ0n) is 17.9. The molecule has 3 heteroatoms. The van der Waals surface area contributed by atoms with Gasteiger partial charge in [0.05, 0.1) is 6.61 Å². The number of rotatable bonds is 6. The van der Waals surface area contributed by atoms with Crippen molar-refractivity contribution in [3.63, 3.8) is 0 Å². The van der Waals surface area contributed by atoms with E-state index in [0.29, 0.717) is 34.8 Å². The summed E-state index contributed by atoms with van der Waals surface area (Å²) in [5, 5.41) is 24.7. The molecule has 0 saturated heterocycles. The molecular weight excluding hydrogens is 348 g/mol. The van der Waals surface area contributed by atoms with Crippen molar-refractivity contribution in [2.45, 2.75) is 58.8 Å². The number of phenols is 2. The van der Waals surface area contributed by atoms with Crippen molar-refractivity contribution in [3.8, 4) is 11.5 Å². The zero-order chi connectivity index (χ0) is 20.7. The SMILES string of the molecule is CCOCC(C)(C)c1ccc2c(O)c3cc(C(C)(C)CC)ccc3c(O)c2c1. The largest absolute Gasteiger partial charge is 0.507 e. The molecule has 0 spiro atoms. The van der Waals surface area contributed by atoms with Crippen molar-refractivity contribution < 1.29 is 14.9 Å². The van der Waals surface area contributed by atoms with Crippen molar-refractivity contribution >= 4 is 21.5 Å². The van der Waals surface area contributed by atoms with Gasteiger partial charge in [0.1, 0.15) is 11.5 Å². The molecule has 0 radical (unpaired) electrons. The van der Waals surface area contributed by atoms with Crippen LogP contribution in [0.3, 0.4) is 0 Å². The summed E-state index contributed by atoms with van der Waals surface area (Å²) in [4.78, 5) is 0. The Morgan fingerprint density at radius 3 is 1.61 bits per heavy atom. The first-order valence-corrected chi connectivity index (χ1v) is 10.1. The van der Waals surface area contributed by atoms with Gasteiger partial charge in [-0.25, -0.2) is 0 Å². The van der Waals surface area contributed by atoms with E-state index in [0.717, 1.165) is 17.5 Å². The van der Waals surface area contributed by atoms with E-state index in [9.17, 15) is 10.2 Å². The lowest BCUT2D eigenvalue weighted by Crippen LogP contribution is -2.24. The second kappa shape index (κ2) is 7.29. The first kappa shape index (κ1) is 20.5. The van der Waals surface area contributed by atoms with E-state index in [4.69, 9.17) is 4.74 Å². The van der Waals surface area contributed by atoms with Gasteiger partial charge in [0.2, 0.25) is 0 Å². The Kier molecular flexibility index (Phi) is 5.33. The van der Waals surface area contributed by atoms with Gasteiger partial charge in [-0.2, -0.15) is 0 Å². The van der Waals surface area contributed by atoms with Gasteiger partial charge in [-0.15, -0.1) is 0 Å². The second-order valence-electron chi connectivity index (χ2n) is 8.98. The van der Waals surface area contributed by atoms with Gasteiger partial charge in [-0.1, -0.05) is 58.9 Å². The molecule has 0 heterocycles. The van der Waals surface area contributed by atoms with Crippen LogP contribution in [0.4, 0.5) is 0 Å². The van der Waals surface area contributed by atoms with Crippen LogP contribution < -0.4 is 0 Å². The third-order valence-corrected chi connectivity index (χ3v) is 6.17. The number of hydrogen-bond acceptors (Lipinski definition) is 3. The summed E-state index contributed by atoms with van der Waals surface area (Å²) in [6, 6.07) is 11.9. The number of benzene rings is 3. The van der Waals surface area contributed by atoms with Gasteiger partial charge in [-0.3, -0.25) is 0 Å². The van der Waals surface area contributed by atoms with E-state index in [2.05, 4.69) is 40.7 Å². The molecule has 3 nitrogen and oxygen atoms in total. The van der Waals surface area contributed by atoms with Crippen LogP contribution in [-0.4, -0.2) is 23.4 Å². The number of phenolic OH excluding ortho intramolecular Hbond substituents is 2. The first-order chi connectivity index (χ1) is 13.1. The van der Waals surface area contributed by atoms with Gasteiger partial charge < -0.3 is 14.9 Å². The summed E-state index contributed by atoms with van der Waals surface area (Å²) in [5.74, 6) is 0.448. The molecule has 3 rings (SSSR count). The molecule has 150 valence electrons. The zero-order valence-corrected chi connectivity index (χ0v) is 17.9. The van der Waals surface area contributed by atoms with Crippen molar-refractivity contribution in [2.75, 3.05) is 13.2 Å². The highest BCUT2D eigenvalue weighted by molar-refractivity contribution is 6.10. The third kappa shape index (κ3) is 3.44. The molecule has 2 N–H and O–H groups in total. The van der Waals surface area contributed by atoms with Crippen LogP contribution in [-0.2, 0) is 15.6 Å². The van der Waals surface area contributed by atoms with Crippen LogP contribution in [0.5, 0.6) is 11.5 Å². The predicted octanol–water partition coefficient (Wildman–Crippen LogP) is 6.41. The van der Waals surface area contributed by atoms with Crippen molar-refractivity contribution in [1.82, 2.24) is 0 Å². The number of aromatic hydroxyl groups is 2. The van der Waals surface area contributed by atoms with E-state index >= 15 is 0 Å². The summed E-state index contributed by atoms with van der Waals surface area (Å²) in [7, 11) is 0. The van der Waals surface area contributed by atoms with Gasteiger partial charge >= 0.3 is 0 Å². The Hall–Kier alpha value is -2.26. The van der Waals surface area contributed by atoms with Gasteiger partial charge in [-0.05, 0) is 42.0 Å². The minimum Gasteiger partial charge on any atom is -0.507 e. The van der Waals surface area contributed by atoms with Crippen LogP contribution in [0.15, 0.2) is 36.4 Å². The fraction of sp³-hybridized carbons (Fsp3) is 0.440. The molecular formula is C25H32O3. The van der Waals surface area contributed by atoms with Crippen molar-refractivity contribution in [2.24, 2.45) is 0 Å². The first-order valence-electron chi connectivity index (χ1n) is 10.1. The van der Waals surface area contributed by atoms with Crippen molar-refractivity contribution in [3.05, 3.63) is 47.5 Å². The monoisotopic (exact) mass is 380 g/mol. The quantitative estimate of drug-likeness (QED) is 0.384. The van der Waals surface area contributed by atoms with Crippen LogP contribution in [0.25, 0.3) is 21.5 Å². The molecule has 3 aromatic carbocycles. The van der Waals surface area contributed by atoms with Crippen LogP contribution in [0.1, 0.15) is 59.1 Å². The molecule has 0 fully saturated rings. The predicted molar refractivity (Wildman–Crippen MR) is 118 cm³/mol. The van der Waals surface area contributed by atoms with E-state index in [1.165, 1.54) is 0 Å². The standard InChI is InChI=1S/C25H32O3/c1-7-24(3,4)16-9-11-18-20(13-16)22(26)19-12-10-17(14-21(19)23(18)27)25(5,6)15-28-8-2/h9-14,26-27H,7-8,15H2,1-6H3. The lowest BCUT2D eigenvalue weighted by molar-refractivity contribution is 0.105. The van der Waals surface area contributed by atoms with Crippen molar-refractivity contribution in [1.29, 1.82) is 0 Å². The Balaban J connectivity index is 2.23. The molecule has 0 saturated carbocycles. The fourth-order valence-corrected chi connectivity index (χ4v) is 3.67. The van der Waals surface area contributed by atoms with Crippen LogP contribution in [0.2, 0.25) is 0 Å². The third-order valence-electron chi connectivity index (χ3n) is 6.17. The molecule has 0 unspecified atom stereocenters. The maximum absolute atomic E-state index is 11.0. The maximum Gasteiger partial charge on any atom is 0.131 e. The van der Waals surface area contributed by atoms with E-state index in [1.54, 1.807) is 0 Å². The number of fused-ring (bicyclic) bond motifs is 2. The topological polar surface area (TPSA) is 49.7 Å². The van der Waals surface area contributed by atoms with E-state index in [-0.39, 0.29) is 22.3 Å². The Labute approximate surface area is 168 Å². The van der Waals surface area contributed by atoms with Crippen LogP contribution >= 0.6 is 0 Å². The van der Waals surface area contributed by atoms with E-state index < -0.39 is 0 Å². The summed E-state index contributed by atoms with van der Waals surface area (Å²) < 4.78 is 5.63. The molecule has 28 heavy (non-hydrogen) atoms. The summed E-state index contributed by atoms with van der Waals surface area (Å²) in [5.41, 5.74) is 2.06. The minimum absolute atomic E-state index is 0.0123. The molecule has 0 bridgehead atoms. The van der Waals surface area contributed by atoms with E-state index in [1.807, 2.05) is 37.3 Å². The van der Waals surface area contributed by atoms with Gasteiger partial charge in [0.15, 0.2) is 0 Å². The summed E-state index contributed by atoms with van der Waals surface area (Å²) in [6.07, 6.45) is 0.997. The molecule has 0 aliphatic heterocycles. The normalized spacial score (nSPS) is 12.8. The maximum atomic E-state index is 11.0. The Morgan fingerprint density at radius 2 is 1.18 bits per heavy atom. The molecule has 0 aromatic heterocycles. The molecule has 0 aliphatic carbocycles. The molecule has 0 atom stereocenters. The second-order valence-corrected chi connectivity index (χ2v) is 8.98. The average Bonchev–Trinajstić information content (AvgIpc) is 2.69. The molecule has 0 aliphatic rings. The fourth-order valence-electron chi connectivity index (χ4n) is 3.67. The highest BCUT2D eigenvalue weighted by atomic mass is 16.5. The Bertz CT molecular complexity index is 1020. The van der Waals surface area contributed by atoms with Crippen LogP contribution in [0, 0.1) is 0 Å². The average molecular weight is 381 g/mol. The van der Waals surface area contributed by atoms with Gasteiger partial charge in [0, 0.05) is 33.6 Å². The molecule has 0 amide bonds.